The molecule has 1 heterocycles. The van der Waals surface area contributed by atoms with Crippen molar-refractivity contribution in [2.24, 2.45) is 0 Å². The number of amides is 1. The number of hydrogen-bond acceptors (Lipinski definition) is 5. The third-order valence-electron chi connectivity index (χ3n) is 3.31. The molecule has 1 aliphatic rings. The molecule has 0 saturated carbocycles. The summed E-state index contributed by atoms with van der Waals surface area (Å²) in [6.07, 6.45) is -0.740. The third-order valence-corrected chi connectivity index (χ3v) is 3.31. The van der Waals surface area contributed by atoms with E-state index in [1.54, 1.807) is 0 Å². The molecular formula is C15H19NO5. The van der Waals surface area contributed by atoms with Crippen molar-refractivity contribution in [2.75, 3.05) is 13.2 Å². The molecule has 6 heteroatoms. The van der Waals surface area contributed by atoms with E-state index in [2.05, 4.69) is 0 Å². The Hall–Kier alpha value is -2.08. The first-order valence-electron chi connectivity index (χ1n) is 6.85. The molecule has 6 nitrogen and oxygen atoms in total. The Kier molecular flexibility index (Phi) is 5.16. The van der Waals surface area contributed by atoms with Crippen molar-refractivity contribution in [3.8, 4) is 0 Å². The Morgan fingerprint density at radius 1 is 1.29 bits per heavy atom. The average Bonchev–Trinajstić information content (AvgIpc) is 2.85. The second-order valence-corrected chi connectivity index (χ2v) is 5.04. The highest BCUT2D eigenvalue weighted by molar-refractivity contribution is 5.69. The van der Waals surface area contributed by atoms with Gasteiger partial charge in [0.15, 0.2) is 0 Å². The van der Waals surface area contributed by atoms with E-state index < -0.39 is 18.2 Å². The van der Waals surface area contributed by atoms with E-state index >= 15 is 0 Å². The summed E-state index contributed by atoms with van der Waals surface area (Å²) >= 11 is 0. The summed E-state index contributed by atoms with van der Waals surface area (Å²) in [5.41, 5.74) is 0.891. The smallest absolute Gasteiger partial charge is 0.410 e. The van der Waals surface area contributed by atoms with Crippen LogP contribution in [-0.2, 0) is 20.9 Å². The number of hydrogen-bond donors (Lipinski definition) is 1. The summed E-state index contributed by atoms with van der Waals surface area (Å²) in [7, 11) is 0. The topological polar surface area (TPSA) is 76.1 Å². The van der Waals surface area contributed by atoms with Crippen LogP contribution < -0.4 is 0 Å². The number of esters is 1. The highest BCUT2D eigenvalue weighted by Gasteiger charge is 2.35. The monoisotopic (exact) mass is 293 g/mol. The molecular weight excluding hydrogens is 274 g/mol. The zero-order chi connectivity index (χ0) is 15.2. The average molecular weight is 293 g/mol. The van der Waals surface area contributed by atoms with Crippen LogP contribution in [0, 0.1) is 0 Å². The molecule has 0 aromatic heterocycles. The number of carbonyl (C=O) groups is 2. The molecule has 0 spiro atoms. The molecule has 0 aliphatic carbocycles. The molecule has 2 atom stereocenters. The van der Waals surface area contributed by atoms with Gasteiger partial charge in [0.2, 0.25) is 0 Å². The number of ether oxygens (including phenoxy) is 2. The fourth-order valence-electron chi connectivity index (χ4n) is 2.29. The maximum Gasteiger partial charge on any atom is 0.410 e. The van der Waals surface area contributed by atoms with Crippen LogP contribution in [0.4, 0.5) is 4.79 Å². The predicted molar refractivity (Wildman–Crippen MR) is 74.4 cm³/mol. The summed E-state index contributed by atoms with van der Waals surface area (Å²) in [6.45, 7) is 1.75. The predicted octanol–water partition coefficient (Wildman–Crippen LogP) is 1.32. The minimum Gasteiger partial charge on any atom is -0.464 e. The number of aliphatic hydroxyl groups excluding tert-OH is 1. The fourth-order valence-corrected chi connectivity index (χ4v) is 2.29. The van der Waals surface area contributed by atoms with E-state index in [1.165, 1.54) is 11.8 Å². The molecule has 21 heavy (non-hydrogen) atoms. The van der Waals surface area contributed by atoms with Crippen LogP contribution in [0.15, 0.2) is 30.3 Å². The van der Waals surface area contributed by atoms with Gasteiger partial charge in [-0.1, -0.05) is 30.3 Å². The van der Waals surface area contributed by atoms with E-state index in [4.69, 9.17) is 9.47 Å². The number of nitrogens with zero attached hydrogens (tertiary/aromatic N) is 1. The minimum atomic E-state index is -0.616. The largest absolute Gasteiger partial charge is 0.464 e. The molecule has 0 unspecified atom stereocenters. The number of likely N-dealkylation sites (tertiary alicyclic amines) is 1. The van der Waals surface area contributed by atoms with Crippen molar-refractivity contribution in [1.29, 1.82) is 0 Å². The lowest BCUT2D eigenvalue weighted by molar-refractivity contribution is -0.142. The first-order chi connectivity index (χ1) is 10.1. The first-order valence-corrected chi connectivity index (χ1v) is 6.85. The summed E-state index contributed by atoms with van der Waals surface area (Å²) in [6, 6.07) is 9.01. The lowest BCUT2D eigenvalue weighted by Crippen LogP contribution is -2.39. The molecule has 1 fully saturated rings. The molecule has 1 amide bonds. The highest BCUT2D eigenvalue weighted by Crippen LogP contribution is 2.20. The summed E-state index contributed by atoms with van der Waals surface area (Å²) in [5, 5.41) is 9.68. The fraction of sp³-hybridized carbons (Fsp3) is 0.467. The Morgan fingerprint density at radius 2 is 2.00 bits per heavy atom. The van der Waals surface area contributed by atoms with Crippen molar-refractivity contribution in [3.05, 3.63) is 35.9 Å². The van der Waals surface area contributed by atoms with E-state index in [9.17, 15) is 14.7 Å². The van der Waals surface area contributed by atoms with Gasteiger partial charge in [0.1, 0.15) is 13.2 Å². The maximum atomic E-state index is 12.1. The van der Waals surface area contributed by atoms with Crippen molar-refractivity contribution >= 4 is 12.1 Å². The summed E-state index contributed by atoms with van der Waals surface area (Å²) < 4.78 is 10.2. The van der Waals surface area contributed by atoms with Gasteiger partial charge in [0, 0.05) is 6.92 Å². The van der Waals surface area contributed by atoms with Gasteiger partial charge in [-0.25, -0.2) is 4.79 Å². The highest BCUT2D eigenvalue weighted by atomic mass is 16.6. The number of benzene rings is 1. The summed E-state index contributed by atoms with van der Waals surface area (Å²) in [4.78, 5) is 24.3. The molecule has 1 saturated heterocycles. The van der Waals surface area contributed by atoms with Crippen LogP contribution in [0.1, 0.15) is 18.9 Å². The molecule has 2 rings (SSSR count). The standard InChI is InChI=1S/C15H19NO5/c1-11(17)20-10-13-7-14(18)8-16(13)15(19)21-9-12-5-3-2-4-6-12/h2-6,13-14,18H,7-10H2,1H3/t13-,14-/m0/s1. The van der Waals surface area contributed by atoms with Crippen LogP contribution in [-0.4, -0.2) is 47.4 Å². The quantitative estimate of drug-likeness (QED) is 0.847. The van der Waals surface area contributed by atoms with Crippen molar-refractivity contribution in [1.82, 2.24) is 4.90 Å². The van der Waals surface area contributed by atoms with Crippen molar-refractivity contribution in [2.45, 2.75) is 32.1 Å². The van der Waals surface area contributed by atoms with Gasteiger partial charge in [-0.3, -0.25) is 9.69 Å². The normalized spacial score (nSPS) is 21.1. The molecule has 1 aliphatic heterocycles. The maximum absolute atomic E-state index is 12.1. The lowest BCUT2D eigenvalue weighted by Gasteiger charge is -2.23. The van der Waals surface area contributed by atoms with Crippen molar-refractivity contribution in [3.63, 3.8) is 0 Å². The first kappa shape index (κ1) is 15.3. The van der Waals surface area contributed by atoms with Crippen LogP contribution in [0.25, 0.3) is 0 Å². The summed E-state index contributed by atoms with van der Waals surface area (Å²) in [5.74, 6) is -0.408. The van der Waals surface area contributed by atoms with Crippen LogP contribution in [0.2, 0.25) is 0 Å². The number of rotatable bonds is 4. The van der Waals surface area contributed by atoms with E-state index in [0.29, 0.717) is 6.42 Å². The zero-order valence-corrected chi connectivity index (χ0v) is 11.9. The second-order valence-electron chi connectivity index (χ2n) is 5.04. The van der Waals surface area contributed by atoms with Crippen LogP contribution >= 0.6 is 0 Å². The van der Waals surface area contributed by atoms with Gasteiger partial charge in [0.05, 0.1) is 18.7 Å². The molecule has 1 N–H and O–H groups in total. The minimum absolute atomic E-state index is 0.0762. The van der Waals surface area contributed by atoms with E-state index in [-0.39, 0.29) is 25.8 Å². The molecule has 0 bridgehead atoms. The van der Waals surface area contributed by atoms with Gasteiger partial charge in [-0.15, -0.1) is 0 Å². The number of carbonyl (C=O) groups excluding carboxylic acids is 2. The SMILES string of the molecule is CC(=O)OC[C@@H]1C[C@H](O)CN1C(=O)OCc1ccccc1. The Bertz CT molecular complexity index is 490. The van der Waals surface area contributed by atoms with Gasteiger partial charge < -0.3 is 14.6 Å². The van der Waals surface area contributed by atoms with Gasteiger partial charge in [0.25, 0.3) is 0 Å². The molecule has 0 radical (unpaired) electrons. The van der Waals surface area contributed by atoms with Crippen LogP contribution in [0.3, 0.4) is 0 Å². The number of aliphatic hydroxyl groups is 1. The second kappa shape index (κ2) is 7.08. The lowest BCUT2D eigenvalue weighted by atomic mass is 10.2. The van der Waals surface area contributed by atoms with Gasteiger partial charge in [-0.2, -0.15) is 0 Å². The Labute approximate surface area is 123 Å². The Morgan fingerprint density at radius 3 is 2.67 bits per heavy atom. The van der Waals surface area contributed by atoms with Gasteiger partial charge in [-0.05, 0) is 12.0 Å². The third kappa shape index (κ3) is 4.46. The van der Waals surface area contributed by atoms with Crippen molar-refractivity contribution < 1.29 is 24.2 Å². The van der Waals surface area contributed by atoms with Crippen LogP contribution in [0.5, 0.6) is 0 Å². The molecule has 1 aromatic rings. The molecule has 114 valence electrons. The van der Waals surface area contributed by atoms with E-state index in [0.717, 1.165) is 5.56 Å². The Balaban J connectivity index is 1.88. The zero-order valence-electron chi connectivity index (χ0n) is 11.9. The van der Waals surface area contributed by atoms with E-state index in [1.807, 2.05) is 30.3 Å². The van der Waals surface area contributed by atoms with Gasteiger partial charge >= 0.3 is 12.1 Å². The molecule has 1 aromatic carbocycles. The number of β-amino-alcohol motifs (C(OH)–C–C–N with tert-alkyl or cyclic N) is 1.